The van der Waals surface area contributed by atoms with E-state index in [1.54, 1.807) is 18.2 Å². The molecule has 0 heterocycles. The average Bonchev–Trinajstić information content (AvgIpc) is 2.37. The summed E-state index contributed by atoms with van der Waals surface area (Å²) in [5.41, 5.74) is 0.503. The van der Waals surface area contributed by atoms with Gasteiger partial charge >= 0.3 is 0 Å². The van der Waals surface area contributed by atoms with Gasteiger partial charge in [0.25, 0.3) is 5.91 Å². The maximum Gasteiger partial charge on any atom is 0.255 e. The molecule has 1 rings (SSSR count). The van der Waals surface area contributed by atoms with E-state index in [1.165, 1.54) is 0 Å². The molecule has 0 aliphatic rings. The minimum atomic E-state index is -0.488. The van der Waals surface area contributed by atoms with E-state index in [4.69, 9.17) is 4.74 Å². The molecule has 0 spiro atoms. The molecular weight excluding hydrogens is 230 g/mol. The van der Waals surface area contributed by atoms with Gasteiger partial charge in [-0.1, -0.05) is 25.5 Å². The molecule has 1 aromatic rings. The number of nitrogens with one attached hydrogen (secondary N) is 1. The molecule has 0 radical (unpaired) electrons. The normalized spacial score (nSPS) is 11.9. The third-order valence-electron chi connectivity index (χ3n) is 2.55. The zero-order valence-electron chi connectivity index (χ0n) is 11.0. The van der Waals surface area contributed by atoms with Gasteiger partial charge in [-0.25, -0.2) is 0 Å². The Morgan fingerprint density at radius 2 is 2.11 bits per heavy atom. The van der Waals surface area contributed by atoms with Gasteiger partial charge in [0.05, 0.1) is 18.3 Å². The van der Waals surface area contributed by atoms with Crippen LogP contribution in [0.4, 0.5) is 0 Å². The number of carbonyl (C=O) groups excluding carboxylic acids is 1. The van der Waals surface area contributed by atoms with Crippen LogP contribution in [0.3, 0.4) is 0 Å². The van der Waals surface area contributed by atoms with E-state index >= 15 is 0 Å². The molecular formula is C14H21NO3. The molecule has 2 N–H and O–H groups in total. The molecule has 18 heavy (non-hydrogen) atoms. The molecule has 1 atom stereocenters. The number of aliphatic hydroxyl groups is 1. The zero-order chi connectivity index (χ0) is 13.4. The fraction of sp³-hybridized carbons (Fsp3) is 0.500. The lowest BCUT2D eigenvalue weighted by Crippen LogP contribution is -2.32. The Labute approximate surface area is 108 Å². The fourth-order valence-electron chi connectivity index (χ4n) is 1.68. The second-order valence-electron chi connectivity index (χ2n) is 4.08. The van der Waals surface area contributed by atoms with Crippen molar-refractivity contribution in [1.29, 1.82) is 0 Å². The van der Waals surface area contributed by atoms with Gasteiger partial charge in [-0.15, -0.1) is 0 Å². The van der Waals surface area contributed by atoms with E-state index in [1.807, 2.05) is 19.9 Å². The lowest BCUT2D eigenvalue weighted by molar-refractivity contribution is 0.0906. The number of hydrogen-bond donors (Lipinski definition) is 2. The number of hydrogen-bond acceptors (Lipinski definition) is 3. The lowest BCUT2D eigenvalue weighted by Gasteiger charge is -2.13. The van der Waals surface area contributed by atoms with Crippen molar-refractivity contribution in [3.63, 3.8) is 0 Å². The molecule has 1 amide bonds. The monoisotopic (exact) mass is 251 g/mol. The van der Waals surface area contributed by atoms with Crippen LogP contribution in [-0.4, -0.2) is 30.3 Å². The molecule has 4 heteroatoms. The van der Waals surface area contributed by atoms with Crippen LogP contribution in [0.5, 0.6) is 5.75 Å². The first kappa shape index (κ1) is 14.5. The van der Waals surface area contributed by atoms with Gasteiger partial charge in [-0.3, -0.25) is 4.79 Å². The summed E-state index contributed by atoms with van der Waals surface area (Å²) in [6.45, 7) is 4.66. The van der Waals surface area contributed by atoms with Crippen molar-refractivity contribution in [3.05, 3.63) is 29.8 Å². The summed E-state index contributed by atoms with van der Waals surface area (Å²) in [6.07, 6.45) is 1.10. The first-order valence-corrected chi connectivity index (χ1v) is 6.37. The van der Waals surface area contributed by atoms with E-state index < -0.39 is 6.10 Å². The summed E-state index contributed by atoms with van der Waals surface area (Å²) in [5.74, 6) is 0.358. The molecule has 0 fully saturated rings. The maximum absolute atomic E-state index is 11.9. The van der Waals surface area contributed by atoms with Crippen LogP contribution in [0.15, 0.2) is 24.3 Å². The topological polar surface area (TPSA) is 58.6 Å². The predicted molar refractivity (Wildman–Crippen MR) is 70.9 cm³/mol. The average molecular weight is 251 g/mol. The third-order valence-corrected chi connectivity index (χ3v) is 2.55. The summed E-state index contributed by atoms with van der Waals surface area (Å²) >= 11 is 0. The van der Waals surface area contributed by atoms with Gasteiger partial charge in [0.15, 0.2) is 0 Å². The summed E-state index contributed by atoms with van der Waals surface area (Å²) in [6, 6.07) is 7.10. The molecule has 4 nitrogen and oxygen atoms in total. The van der Waals surface area contributed by atoms with Crippen LogP contribution in [0.25, 0.3) is 0 Å². The van der Waals surface area contributed by atoms with Crippen LogP contribution >= 0.6 is 0 Å². The molecule has 0 saturated heterocycles. The second kappa shape index (κ2) is 7.71. The van der Waals surface area contributed by atoms with E-state index in [9.17, 15) is 9.90 Å². The van der Waals surface area contributed by atoms with Gasteiger partial charge in [0.2, 0.25) is 0 Å². The quantitative estimate of drug-likeness (QED) is 0.779. The van der Waals surface area contributed by atoms with E-state index in [0.29, 0.717) is 24.3 Å². The number of ether oxygens (including phenoxy) is 1. The SMILES string of the molecule is CCCC(O)CNC(=O)c1ccccc1OCC. The molecule has 0 bridgehead atoms. The highest BCUT2D eigenvalue weighted by Crippen LogP contribution is 2.17. The summed E-state index contributed by atoms with van der Waals surface area (Å²) < 4.78 is 5.39. The highest BCUT2D eigenvalue weighted by Gasteiger charge is 2.12. The Morgan fingerprint density at radius 3 is 2.78 bits per heavy atom. The molecule has 1 unspecified atom stereocenters. The van der Waals surface area contributed by atoms with Crippen LogP contribution < -0.4 is 10.1 Å². The molecule has 1 aromatic carbocycles. The van der Waals surface area contributed by atoms with Gasteiger partial charge < -0.3 is 15.2 Å². The van der Waals surface area contributed by atoms with Crippen LogP contribution in [-0.2, 0) is 0 Å². The fourth-order valence-corrected chi connectivity index (χ4v) is 1.68. The molecule has 0 aliphatic carbocycles. The number of benzene rings is 1. The van der Waals surface area contributed by atoms with Crippen molar-refractivity contribution >= 4 is 5.91 Å². The van der Waals surface area contributed by atoms with Crippen LogP contribution in [0.1, 0.15) is 37.0 Å². The first-order valence-electron chi connectivity index (χ1n) is 6.37. The summed E-state index contributed by atoms with van der Waals surface area (Å²) in [7, 11) is 0. The number of aliphatic hydroxyl groups excluding tert-OH is 1. The minimum absolute atomic E-state index is 0.214. The van der Waals surface area contributed by atoms with Gasteiger partial charge in [0.1, 0.15) is 5.75 Å². The molecule has 0 saturated carbocycles. The molecule has 0 aromatic heterocycles. The van der Waals surface area contributed by atoms with Gasteiger partial charge in [0, 0.05) is 6.54 Å². The summed E-state index contributed by atoms with van der Waals surface area (Å²) in [4.78, 5) is 11.9. The van der Waals surface area contributed by atoms with Crippen molar-refractivity contribution in [1.82, 2.24) is 5.32 Å². The van der Waals surface area contributed by atoms with Gasteiger partial charge in [-0.2, -0.15) is 0 Å². The van der Waals surface area contributed by atoms with E-state index in [0.717, 1.165) is 6.42 Å². The Hall–Kier alpha value is -1.55. The third kappa shape index (κ3) is 4.37. The Morgan fingerprint density at radius 1 is 1.39 bits per heavy atom. The van der Waals surface area contributed by atoms with Gasteiger partial charge in [-0.05, 0) is 25.5 Å². The highest BCUT2D eigenvalue weighted by molar-refractivity contribution is 5.96. The van der Waals surface area contributed by atoms with Crippen molar-refractivity contribution in [2.24, 2.45) is 0 Å². The number of para-hydroxylation sites is 1. The first-order chi connectivity index (χ1) is 8.69. The van der Waals surface area contributed by atoms with Crippen molar-refractivity contribution in [2.45, 2.75) is 32.8 Å². The Kier molecular flexibility index (Phi) is 6.22. The minimum Gasteiger partial charge on any atom is -0.493 e. The van der Waals surface area contributed by atoms with Crippen molar-refractivity contribution in [2.75, 3.05) is 13.2 Å². The maximum atomic E-state index is 11.9. The standard InChI is InChI=1S/C14H21NO3/c1-3-7-11(16)10-15-14(17)12-8-5-6-9-13(12)18-4-2/h5-6,8-9,11,16H,3-4,7,10H2,1-2H3,(H,15,17). The lowest BCUT2D eigenvalue weighted by atomic mass is 10.1. The largest absolute Gasteiger partial charge is 0.493 e. The highest BCUT2D eigenvalue weighted by atomic mass is 16.5. The van der Waals surface area contributed by atoms with Crippen LogP contribution in [0, 0.1) is 0 Å². The van der Waals surface area contributed by atoms with Crippen molar-refractivity contribution < 1.29 is 14.6 Å². The summed E-state index contributed by atoms with van der Waals surface area (Å²) in [5, 5.41) is 12.3. The molecule has 0 aliphatic heterocycles. The molecule has 100 valence electrons. The predicted octanol–water partition coefficient (Wildman–Crippen LogP) is 1.98. The zero-order valence-corrected chi connectivity index (χ0v) is 11.0. The number of amides is 1. The Bertz CT molecular complexity index is 379. The number of carbonyl (C=O) groups is 1. The number of rotatable bonds is 7. The Balaban J connectivity index is 2.60. The smallest absolute Gasteiger partial charge is 0.255 e. The van der Waals surface area contributed by atoms with E-state index in [-0.39, 0.29) is 12.5 Å². The second-order valence-corrected chi connectivity index (χ2v) is 4.08. The van der Waals surface area contributed by atoms with Crippen LogP contribution in [0.2, 0.25) is 0 Å². The van der Waals surface area contributed by atoms with E-state index in [2.05, 4.69) is 5.32 Å². The van der Waals surface area contributed by atoms with Crippen molar-refractivity contribution in [3.8, 4) is 5.75 Å².